The lowest BCUT2D eigenvalue weighted by Gasteiger charge is -2.41. The van der Waals surface area contributed by atoms with Gasteiger partial charge in [0.25, 0.3) is 5.92 Å². The van der Waals surface area contributed by atoms with Crippen molar-refractivity contribution < 1.29 is 45.8 Å². The molecule has 2 heterocycles. The third kappa shape index (κ3) is 7.85. The Morgan fingerprint density at radius 2 is 1.56 bits per heavy atom. The number of halogens is 5. The number of benzene rings is 3. The summed E-state index contributed by atoms with van der Waals surface area (Å²) in [5.74, 6) is -4.50. The van der Waals surface area contributed by atoms with Gasteiger partial charge in [-0.05, 0) is 73.4 Å². The van der Waals surface area contributed by atoms with Gasteiger partial charge in [-0.1, -0.05) is 56.3 Å². The smallest absolute Gasteiger partial charge is 0.403 e. The number of hydrogen-bond donors (Lipinski definition) is 1. The molecular weight excluding hydrogens is 685 g/mol. The maximum atomic E-state index is 14.6. The highest BCUT2D eigenvalue weighted by Gasteiger charge is 2.61. The fourth-order valence-corrected chi connectivity index (χ4v) is 7.56. The molecule has 13 heteroatoms. The minimum absolute atomic E-state index is 0.111. The topological polar surface area (TPSA) is 80.3 Å². The SMILES string of the molecule is CCN1CCC(C(=O)N[C@@H](Cc2cccc3c(-c4c(OC)ccc(CN5CCC(C)C(F)(F)CC5)c4OC)cccc23)C(=O)OC)(C(F)(F)F)CC1. The fraction of sp³-hybridized carbons (Fsp3) is 0.538. The molecule has 52 heavy (non-hydrogen) atoms. The standard InChI is InChI=1S/C39H48F5N3O5/c1-6-46-20-16-37(17-21-46,39(42,43)44)36(49)45-31(35(48)52-5)23-26-9-7-11-29-28(26)10-8-12-30(29)33-32(50-3)14-13-27(34(33)51-4)24-47-19-15-25(2)38(40,41)18-22-47/h7-14,25,31H,6,15-24H2,1-5H3,(H,45,49)/t25?,31-/m0/s1. The van der Waals surface area contributed by atoms with E-state index in [-0.39, 0.29) is 32.5 Å². The summed E-state index contributed by atoms with van der Waals surface area (Å²) in [5, 5.41) is 3.87. The van der Waals surface area contributed by atoms with Crippen LogP contribution in [-0.2, 0) is 27.3 Å². The number of nitrogens with zero attached hydrogens (tertiary/aromatic N) is 2. The van der Waals surface area contributed by atoms with E-state index in [0.29, 0.717) is 54.1 Å². The number of alkyl halides is 5. The number of esters is 1. The molecular formula is C39H48F5N3O5. The van der Waals surface area contributed by atoms with Crippen molar-refractivity contribution in [3.63, 3.8) is 0 Å². The van der Waals surface area contributed by atoms with E-state index in [1.54, 1.807) is 26.2 Å². The molecule has 0 spiro atoms. The van der Waals surface area contributed by atoms with E-state index < -0.39 is 54.2 Å². The zero-order valence-corrected chi connectivity index (χ0v) is 30.4. The quantitative estimate of drug-likeness (QED) is 0.164. The molecule has 2 saturated heterocycles. The van der Waals surface area contributed by atoms with Crippen LogP contribution in [0.1, 0.15) is 50.7 Å². The van der Waals surface area contributed by atoms with E-state index in [9.17, 15) is 31.5 Å². The number of rotatable bonds is 11. The zero-order valence-electron chi connectivity index (χ0n) is 30.4. The maximum Gasteiger partial charge on any atom is 0.403 e. The van der Waals surface area contributed by atoms with Gasteiger partial charge in [-0.15, -0.1) is 0 Å². The molecule has 0 radical (unpaired) electrons. The first-order valence-electron chi connectivity index (χ1n) is 17.7. The third-order valence-corrected chi connectivity index (χ3v) is 11.0. The summed E-state index contributed by atoms with van der Waals surface area (Å²) >= 11 is 0. The van der Waals surface area contributed by atoms with Crippen molar-refractivity contribution in [3.8, 4) is 22.6 Å². The van der Waals surface area contributed by atoms with Crippen LogP contribution in [0, 0.1) is 11.3 Å². The normalized spacial score (nSPS) is 20.2. The van der Waals surface area contributed by atoms with Gasteiger partial charge in [0.05, 0.1) is 26.9 Å². The van der Waals surface area contributed by atoms with Gasteiger partial charge in [0.2, 0.25) is 5.91 Å². The molecule has 1 unspecified atom stereocenters. The Labute approximate surface area is 301 Å². The summed E-state index contributed by atoms with van der Waals surface area (Å²) < 4.78 is 89.4. The molecule has 0 bridgehead atoms. The van der Waals surface area contributed by atoms with Gasteiger partial charge in [0.15, 0.2) is 0 Å². The van der Waals surface area contributed by atoms with Crippen LogP contribution < -0.4 is 14.8 Å². The van der Waals surface area contributed by atoms with Crippen LogP contribution >= 0.6 is 0 Å². The highest BCUT2D eigenvalue weighted by Crippen LogP contribution is 2.47. The summed E-state index contributed by atoms with van der Waals surface area (Å²) in [7, 11) is 4.21. The van der Waals surface area contributed by atoms with Crippen molar-refractivity contribution in [2.24, 2.45) is 11.3 Å². The van der Waals surface area contributed by atoms with Crippen LogP contribution in [-0.4, -0.2) is 93.9 Å². The first-order chi connectivity index (χ1) is 24.7. The Morgan fingerprint density at radius 1 is 0.885 bits per heavy atom. The van der Waals surface area contributed by atoms with Crippen molar-refractivity contribution in [1.82, 2.24) is 15.1 Å². The van der Waals surface area contributed by atoms with Crippen molar-refractivity contribution in [2.45, 2.75) is 70.6 Å². The minimum atomic E-state index is -4.81. The lowest BCUT2D eigenvalue weighted by Crippen LogP contribution is -2.59. The predicted octanol–water partition coefficient (Wildman–Crippen LogP) is 7.26. The molecule has 1 N–H and O–H groups in total. The van der Waals surface area contributed by atoms with Crippen LogP contribution in [0.25, 0.3) is 21.9 Å². The highest BCUT2D eigenvalue weighted by molar-refractivity contribution is 6.01. The third-order valence-electron chi connectivity index (χ3n) is 11.0. The number of likely N-dealkylation sites (tertiary alicyclic amines) is 2. The van der Waals surface area contributed by atoms with E-state index >= 15 is 0 Å². The Morgan fingerprint density at radius 3 is 2.19 bits per heavy atom. The highest BCUT2D eigenvalue weighted by atomic mass is 19.4. The molecule has 8 nitrogen and oxygen atoms in total. The van der Waals surface area contributed by atoms with Crippen LogP contribution in [0.4, 0.5) is 22.0 Å². The molecule has 5 rings (SSSR count). The molecule has 0 saturated carbocycles. The second-order valence-electron chi connectivity index (χ2n) is 13.9. The Kier molecular flexibility index (Phi) is 12.0. The van der Waals surface area contributed by atoms with E-state index in [1.165, 1.54) is 7.11 Å². The lowest BCUT2D eigenvalue weighted by molar-refractivity contribution is -0.233. The molecule has 2 aliphatic heterocycles. The number of ether oxygens (including phenoxy) is 3. The van der Waals surface area contributed by atoms with E-state index in [2.05, 4.69) is 5.32 Å². The number of methoxy groups -OCH3 is 3. The predicted molar refractivity (Wildman–Crippen MR) is 189 cm³/mol. The van der Waals surface area contributed by atoms with Gasteiger partial charge in [-0.2, -0.15) is 13.2 Å². The average Bonchev–Trinajstić information content (AvgIpc) is 3.26. The Hall–Kier alpha value is -3.97. The monoisotopic (exact) mass is 733 g/mol. The van der Waals surface area contributed by atoms with Gasteiger partial charge < -0.3 is 24.4 Å². The van der Waals surface area contributed by atoms with Crippen LogP contribution in [0.15, 0.2) is 48.5 Å². The first kappa shape index (κ1) is 39.2. The fourth-order valence-electron chi connectivity index (χ4n) is 7.56. The van der Waals surface area contributed by atoms with Crippen LogP contribution in [0.3, 0.4) is 0 Å². The second kappa shape index (κ2) is 16.0. The molecule has 3 aromatic rings. The number of amides is 1. The average molecular weight is 734 g/mol. The summed E-state index contributed by atoms with van der Waals surface area (Å²) in [6.45, 7) is 5.37. The van der Waals surface area contributed by atoms with Gasteiger partial charge in [-0.3, -0.25) is 9.69 Å². The van der Waals surface area contributed by atoms with Crippen molar-refractivity contribution in [1.29, 1.82) is 0 Å². The molecule has 2 fully saturated rings. The number of carbonyl (C=O) groups is 2. The largest absolute Gasteiger partial charge is 0.496 e. The second-order valence-corrected chi connectivity index (χ2v) is 13.9. The minimum Gasteiger partial charge on any atom is -0.496 e. The van der Waals surface area contributed by atoms with Crippen molar-refractivity contribution in [2.75, 3.05) is 54.1 Å². The van der Waals surface area contributed by atoms with E-state index in [0.717, 1.165) is 23.6 Å². The van der Waals surface area contributed by atoms with E-state index in [1.807, 2.05) is 53.1 Å². The van der Waals surface area contributed by atoms with Gasteiger partial charge in [-0.25, -0.2) is 13.6 Å². The number of nitrogens with one attached hydrogen (secondary N) is 1. The Bertz CT molecular complexity index is 1740. The molecule has 284 valence electrons. The van der Waals surface area contributed by atoms with Gasteiger partial charge >= 0.3 is 12.1 Å². The lowest BCUT2D eigenvalue weighted by atomic mass is 9.76. The summed E-state index contributed by atoms with van der Waals surface area (Å²) in [6.07, 6.45) is -5.61. The van der Waals surface area contributed by atoms with Crippen molar-refractivity contribution in [3.05, 3.63) is 59.7 Å². The number of hydrogen-bond acceptors (Lipinski definition) is 7. The number of piperidine rings is 1. The molecule has 1 amide bonds. The van der Waals surface area contributed by atoms with Gasteiger partial charge in [0, 0.05) is 37.4 Å². The molecule has 0 aromatic heterocycles. The summed E-state index contributed by atoms with van der Waals surface area (Å²) in [6, 6.07) is 13.3. The molecule has 2 aliphatic rings. The summed E-state index contributed by atoms with van der Waals surface area (Å²) in [5.41, 5.74) is 0.138. The van der Waals surface area contributed by atoms with Crippen LogP contribution in [0.5, 0.6) is 11.5 Å². The van der Waals surface area contributed by atoms with E-state index in [4.69, 9.17) is 14.2 Å². The summed E-state index contributed by atoms with van der Waals surface area (Å²) in [4.78, 5) is 30.5. The molecule has 0 aliphatic carbocycles. The molecule has 3 aromatic carbocycles. The zero-order chi connectivity index (χ0) is 37.8. The maximum absolute atomic E-state index is 14.6. The van der Waals surface area contributed by atoms with Crippen molar-refractivity contribution >= 4 is 22.6 Å². The molecule has 2 atom stereocenters. The number of carbonyl (C=O) groups excluding carboxylic acids is 2. The Balaban J connectivity index is 1.50. The first-order valence-corrected chi connectivity index (χ1v) is 17.7. The van der Waals surface area contributed by atoms with Gasteiger partial charge in [0.1, 0.15) is 23.0 Å². The number of fused-ring (bicyclic) bond motifs is 1. The van der Waals surface area contributed by atoms with Crippen LogP contribution in [0.2, 0.25) is 0 Å².